The molecule has 4 aliphatic rings. The van der Waals surface area contributed by atoms with Crippen molar-refractivity contribution in [3.05, 3.63) is 97.2 Å². The first-order valence-corrected chi connectivity index (χ1v) is 25.8. The van der Waals surface area contributed by atoms with Crippen molar-refractivity contribution in [3.8, 4) is 5.75 Å². The molecule has 0 bridgehead atoms. The zero-order valence-corrected chi connectivity index (χ0v) is 41.3. The summed E-state index contributed by atoms with van der Waals surface area (Å²) in [4.78, 5) is 63.3. The monoisotopic (exact) mass is 959 g/mol. The lowest BCUT2D eigenvalue weighted by molar-refractivity contribution is -0.141. The summed E-state index contributed by atoms with van der Waals surface area (Å²) in [7, 11) is -7.02. The van der Waals surface area contributed by atoms with Crippen molar-refractivity contribution in [1.82, 2.24) is 34.9 Å². The average molecular weight is 960 g/mol. The smallest absolute Gasteiger partial charge is 0.315 e. The summed E-state index contributed by atoms with van der Waals surface area (Å²) in [5, 5.41) is 8.56. The predicted molar refractivity (Wildman–Crippen MR) is 252 cm³/mol. The number of likely N-dealkylation sites (tertiary alicyclic amines) is 1. The van der Waals surface area contributed by atoms with E-state index in [2.05, 4.69) is 46.1 Å². The zero-order chi connectivity index (χ0) is 49.0. The fraction of sp³-hybridized carbons (Fsp3) is 0.531. The van der Waals surface area contributed by atoms with E-state index in [0.29, 0.717) is 6.42 Å². The number of nitrogens with zero attached hydrogens (tertiary/aromatic N) is 3. The molecule has 4 fully saturated rings. The van der Waals surface area contributed by atoms with Gasteiger partial charge >= 0.3 is 6.03 Å². The van der Waals surface area contributed by atoms with Gasteiger partial charge in [-0.3, -0.25) is 14.4 Å². The van der Waals surface area contributed by atoms with Gasteiger partial charge in [0, 0.05) is 49.8 Å². The van der Waals surface area contributed by atoms with E-state index in [1.165, 1.54) is 48.5 Å². The molecular formula is C49H65N7O9S2. The third-order valence-electron chi connectivity index (χ3n) is 15.4. The molecule has 6 atom stereocenters. The van der Waals surface area contributed by atoms with Gasteiger partial charge in [0.1, 0.15) is 30.0 Å². The van der Waals surface area contributed by atoms with Crippen LogP contribution in [-0.4, -0.2) is 98.6 Å². The van der Waals surface area contributed by atoms with Crippen LogP contribution in [-0.2, 0) is 41.0 Å². The minimum Gasteiger partial charge on any atom is -0.489 e. The molecule has 1 aliphatic heterocycles. The van der Waals surface area contributed by atoms with Gasteiger partial charge in [0.05, 0.1) is 4.90 Å². The highest BCUT2D eigenvalue weighted by Gasteiger charge is 2.85. The van der Waals surface area contributed by atoms with Crippen LogP contribution >= 0.6 is 0 Å². The third kappa shape index (κ3) is 9.08. The number of hydrogen-bond donors (Lipinski definition) is 4. The molecule has 1 saturated heterocycles. The Kier molecular flexibility index (Phi) is 13.3. The van der Waals surface area contributed by atoms with Crippen LogP contribution in [0.5, 0.6) is 5.75 Å². The number of fused-ring (bicyclic) bond motifs is 1. The number of carbonyl (C=O) groups is 4. The van der Waals surface area contributed by atoms with Gasteiger partial charge in [0.15, 0.2) is 5.03 Å². The van der Waals surface area contributed by atoms with E-state index in [9.17, 15) is 36.0 Å². The van der Waals surface area contributed by atoms with Crippen molar-refractivity contribution >= 4 is 43.8 Å². The maximum atomic E-state index is 15.0. The molecule has 2 spiro atoms. The van der Waals surface area contributed by atoms with Crippen LogP contribution in [0.25, 0.3) is 0 Å². The van der Waals surface area contributed by atoms with Crippen LogP contribution in [0.4, 0.5) is 4.79 Å². The van der Waals surface area contributed by atoms with Crippen molar-refractivity contribution in [2.75, 3.05) is 20.1 Å². The minimum atomic E-state index is -4.44. The number of aromatic nitrogens is 1. The molecule has 18 heteroatoms. The molecule has 0 unspecified atom stereocenters. The van der Waals surface area contributed by atoms with Gasteiger partial charge < -0.3 is 25.6 Å². The van der Waals surface area contributed by atoms with Crippen LogP contribution in [0, 0.1) is 33.5 Å². The molecule has 3 aliphatic carbocycles. The topological polar surface area (TPSA) is 213 Å². The number of ether oxygens (including phenoxy) is 1. The number of nitrogens with one attached hydrogen (secondary N) is 4. The fourth-order valence-corrected chi connectivity index (χ4v) is 12.9. The molecule has 4 N–H and O–H groups in total. The minimum absolute atomic E-state index is 0.0844. The number of amides is 5. The first kappa shape index (κ1) is 49.6. The zero-order valence-electron chi connectivity index (χ0n) is 39.7. The molecule has 2 aromatic carbocycles. The molecule has 7 rings (SSSR count). The molecular weight excluding hydrogens is 895 g/mol. The fourth-order valence-electron chi connectivity index (χ4n) is 10.7. The van der Waals surface area contributed by atoms with E-state index in [-0.39, 0.29) is 52.6 Å². The molecule has 5 amide bonds. The lowest BCUT2D eigenvalue weighted by Gasteiger charge is -2.35. The Labute approximate surface area is 395 Å². The number of pyridine rings is 1. The lowest BCUT2D eigenvalue weighted by atomic mass is 9.73. The van der Waals surface area contributed by atoms with Gasteiger partial charge in [-0.15, -0.1) is 6.58 Å². The number of likely N-dealkylation sites (N-methyl/N-ethyl adjacent to an activating group) is 1. The standard InChI is InChI=1S/C49H65N7O9S2/c1-10-34-27-49(34,43(59)54-66(61,62)36-21-16-20-35(26-36)65-30-33-18-12-11-13-19-33)53-41(57)37-28-48(46(7,8)47(48)23-17-24-47)31-56(37)42(58)40(32(2)3)52-44(60)51-38(45(4,5)6)29-55(9)67(63,64)39-22-14-15-25-50-39/h10-16,18-22,25-26,32,34,37-38,40H,1,17,23-24,27-31H2,2-9H3,(H,53,57)(H,54,59)(H2,51,52,60)/t34-,37+,38-,40+,48-,49-/m1/s1. The lowest BCUT2D eigenvalue weighted by Crippen LogP contribution is -2.60. The Bertz CT molecular complexity index is 2620. The summed E-state index contributed by atoms with van der Waals surface area (Å²) >= 11 is 0. The van der Waals surface area contributed by atoms with Crippen LogP contribution in [0.3, 0.4) is 0 Å². The van der Waals surface area contributed by atoms with Crippen molar-refractivity contribution in [1.29, 1.82) is 0 Å². The molecule has 0 radical (unpaired) electrons. The first-order chi connectivity index (χ1) is 31.4. The van der Waals surface area contributed by atoms with Gasteiger partial charge in [-0.1, -0.05) is 103 Å². The van der Waals surface area contributed by atoms with Crippen LogP contribution < -0.4 is 25.4 Å². The second-order valence-corrected chi connectivity index (χ2v) is 24.4. The van der Waals surface area contributed by atoms with Gasteiger partial charge in [-0.25, -0.2) is 31.3 Å². The summed E-state index contributed by atoms with van der Waals surface area (Å²) in [6, 6.07) is 16.2. The largest absolute Gasteiger partial charge is 0.489 e. The Hall–Kier alpha value is -5.33. The summed E-state index contributed by atoms with van der Waals surface area (Å²) < 4.78 is 63.5. The highest BCUT2D eigenvalue weighted by Crippen LogP contribution is 2.88. The summed E-state index contributed by atoms with van der Waals surface area (Å²) in [6.07, 6.45) is 6.23. The van der Waals surface area contributed by atoms with E-state index >= 15 is 0 Å². The number of hydrogen-bond acceptors (Lipinski definition) is 10. The highest BCUT2D eigenvalue weighted by atomic mass is 32.2. The van der Waals surface area contributed by atoms with Crippen LogP contribution in [0.1, 0.15) is 86.1 Å². The van der Waals surface area contributed by atoms with E-state index < -0.39 is 90.1 Å². The van der Waals surface area contributed by atoms with Gasteiger partial charge in [-0.2, -0.15) is 4.31 Å². The van der Waals surface area contributed by atoms with E-state index in [0.717, 1.165) is 29.1 Å². The second kappa shape index (κ2) is 18.0. The number of rotatable bonds is 17. The van der Waals surface area contributed by atoms with Gasteiger partial charge in [0.25, 0.3) is 26.0 Å². The number of urea groups is 1. The van der Waals surface area contributed by atoms with Crippen LogP contribution in [0.2, 0.25) is 0 Å². The normalized spacial score (nSPS) is 24.6. The van der Waals surface area contributed by atoms with Crippen molar-refractivity contribution in [2.24, 2.45) is 33.5 Å². The van der Waals surface area contributed by atoms with Gasteiger partial charge in [0.2, 0.25) is 11.8 Å². The SMILES string of the molecule is C=C[C@@H]1C[C@]1(NC(=O)[C@@H]1C[C@@]2(CN1C(=O)[C@@H](NC(=O)N[C@H](CN(C)S(=O)(=O)c1ccccn1)C(C)(C)C)C(C)C)C(C)(C)C21CCC1)C(=O)NS(=O)(=O)c1cccc(OCc2ccccc2)c1. The van der Waals surface area contributed by atoms with Crippen LogP contribution in [0.15, 0.2) is 102 Å². The van der Waals surface area contributed by atoms with E-state index in [1.54, 1.807) is 32.0 Å². The van der Waals surface area contributed by atoms with Crippen molar-refractivity contribution < 1.29 is 40.8 Å². The number of benzene rings is 2. The van der Waals surface area contributed by atoms with E-state index in [4.69, 9.17) is 4.74 Å². The predicted octanol–water partition coefficient (Wildman–Crippen LogP) is 5.38. The Morgan fingerprint density at radius 3 is 2.19 bits per heavy atom. The summed E-state index contributed by atoms with van der Waals surface area (Å²) in [5.74, 6) is -2.77. The van der Waals surface area contributed by atoms with Crippen molar-refractivity contribution in [2.45, 2.75) is 121 Å². The third-order valence-corrected chi connectivity index (χ3v) is 18.4. The molecule has 3 saturated carbocycles. The van der Waals surface area contributed by atoms with Gasteiger partial charge in [-0.05, 0) is 77.7 Å². The maximum absolute atomic E-state index is 15.0. The van der Waals surface area contributed by atoms with Crippen molar-refractivity contribution in [3.63, 3.8) is 0 Å². The summed E-state index contributed by atoms with van der Waals surface area (Å²) in [5.41, 5.74) is -2.10. The second-order valence-electron chi connectivity index (χ2n) is 20.7. The summed E-state index contributed by atoms with van der Waals surface area (Å²) in [6.45, 7) is 17.7. The molecule has 2 heterocycles. The molecule has 3 aromatic rings. The Morgan fingerprint density at radius 2 is 1.63 bits per heavy atom. The quantitative estimate of drug-likeness (QED) is 0.127. The highest BCUT2D eigenvalue weighted by molar-refractivity contribution is 7.90. The first-order valence-electron chi connectivity index (χ1n) is 22.9. The Morgan fingerprint density at radius 1 is 0.940 bits per heavy atom. The molecule has 67 heavy (non-hydrogen) atoms. The number of sulfonamides is 2. The molecule has 16 nitrogen and oxygen atoms in total. The van der Waals surface area contributed by atoms with E-state index in [1.807, 2.05) is 51.1 Å². The molecule has 362 valence electrons. The number of carbonyl (C=O) groups excluding carboxylic acids is 4. The molecule has 1 aromatic heterocycles. The Balaban J connectivity index is 1.09. The maximum Gasteiger partial charge on any atom is 0.315 e. The average Bonchev–Trinajstić information content (AvgIpc) is 3.99.